The van der Waals surface area contributed by atoms with E-state index in [1.54, 1.807) is 0 Å². The standard InChI is InChI=1S/C66H37B3N2O4/c1-3-16-38(17-4-1)70-52-23-13-28-59-64(52)67(46-20-7-10-25-56(46)72-59)49-32-40-42-34-51-63(75-62-31-15-30-61-66(62)69(51)48-22-9-12-27-58(48)74-61)37-45(42)41-33-50-55(36-44(41)43(40)35-54(49)70)71(39-18-5-2-6-19-39)53-24-14-29-60-65(53)68(50)47-21-8-11-26-57(47)73-60/h1-37H. The van der Waals surface area contributed by atoms with Crippen molar-refractivity contribution in [2.75, 3.05) is 9.80 Å². The van der Waals surface area contributed by atoms with Crippen LogP contribution >= 0.6 is 0 Å². The topological polar surface area (TPSA) is 43.4 Å². The summed E-state index contributed by atoms with van der Waals surface area (Å²) in [7, 11) is 0. The average Bonchev–Trinajstić information content (AvgIpc) is 3.50. The molecule has 18 rings (SSSR count). The van der Waals surface area contributed by atoms with Crippen molar-refractivity contribution >= 4 is 136 Å². The summed E-state index contributed by atoms with van der Waals surface area (Å²) in [6, 6.07) is 81.3. The number of ether oxygens (including phenoxy) is 4. The molecule has 0 bridgehead atoms. The Morgan fingerprint density at radius 2 is 0.560 bits per heavy atom. The molecule has 0 aromatic heterocycles. The second-order valence-electron chi connectivity index (χ2n) is 20.6. The van der Waals surface area contributed by atoms with E-state index in [2.05, 4.69) is 228 Å². The smallest absolute Gasteiger partial charge is 0.260 e. The Morgan fingerprint density at radius 3 is 1.03 bits per heavy atom. The molecule has 12 aromatic rings. The highest BCUT2D eigenvalue weighted by atomic mass is 16.5. The molecule has 6 heterocycles. The minimum Gasteiger partial charge on any atom is -0.458 e. The summed E-state index contributed by atoms with van der Waals surface area (Å²) in [6.45, 7) is -0.263. The fourth-order valence-electron chi connectivity index (χ4n) is 13.8. The SMILES string of the molecule is c1ccc(N2c3cc4c(cc3B3c5ccccc5Oc5cccc2c53)c2cc3c(cc2c2cc5c(cc24)N(c2ccccc2)c2cccc4c2B5c2ccccc2O4)B2c4ccccc4Oc4cccc(c42)O3)cc1. The molecule has 6 aliphatic heterocycles. The highest BCUT2D eigenvalue weighted by Crippen LogP contribution is 2.48. The molecule has 0 fully saturated rings. The first-order valence-electron chi connectivity index (χ1n) is 25.8. The minimum atomic E-state index is -0.0975. The third-order valence-corrected chi connectivity index (χ3v) is 16.8. The zero-order valence-corrected chi connectivity index (χ0v) is 40.1. The highest BCUT2D eigenvalue weighted by molar-refractivity contribution is 7.00. The fourth-order valence-corrected chi connectivity index (χ4v) is 13.8. The van der Waals surface area contributed by atoms with Crippen molar-refractivity contribution in [2.24, 2.45) is 0 Å². The summed E-state index contributed by atoms with van der Waals surface area (Å²) in [4.78, 5) is 4.91. The van der Waals surface area contributed by atoms with Crippen LogP contribution < -0.4 is 77.9 Å². The molecule has 75 heavy (non-hydrogen) atoms. The van der Waals surface area contributed by atoms with E-state index in [1.165, 1.54) is 38.0 Å². The first kappa shape index (κ1) is 40.0. The first-order chi connectivity index (χ1) is 37.2. The Morgan fingerprint density at radius 1 is 0.227 bits per heavy atom. The summed E-state index contributed by atoms with van der Waals surface area (Å²) in [5, 5.41) is 6.97. The van der Waals surface area contributed by atoms with E-state index in [9.17, 15) is 0 Å². The number of benzene rings is 12. The zero-order valence-electron chi connectivity index (χ0n) is 40.1. The molecule has 0 atom stereocenters. The highest BCUT2D eigenvalue weighted by Gasteiger charge is 2.45. The van der Waals surface area contributed by atoms with Crippen LogP contribution in [0.3, 0.4) is 0 Å². The Hall–Kier alpha value is -9.59. The number of anilines is 6. The van der Waals surface area contributed by atoms with Crippen LogP contribution in [0.15, 0.2) is 224 Å². The summed E-state index contributed by atoms with van der Waals surface area (Å²) in [5.74, 6) is 6.93. The second kappa shape index (κ2) is 14.6. The second-order valence-corrected chi connectivity index (χ2v) is 20.6. The van der Waals surface area contributed by atoms with E-state index in [0.29, 0.717) is 0 Å². The molecule has 0 N–H and O–H groups in total. The van der Waals surface area contributed by atoms with Crippen LogP contribution in [0.5, 0.6) is 46.0 Å². The zero-order chi connectivity index (χ0) is 48.6. The van der Waals surface area contributed by atoms with Gasteiger partial charge in [0.25, 0.3) is 20.1 Å². The van der Waals surface area contributed by atoms with Crippen LogP contribution in [0.25, 0.3) is 32.3 Å². The number of fused-ring (bicyclic) bond motifs is 18. The quantitative estimate of drug-likeness (QED) is 0.127. The maximum Gasteiger partial charge on any atom is 0.260 e. The van der Waals surface area contributed by atoms with Gasteiger partial charge in [-0.05, 0) is 173 Å². The van der Waals surface area contributed by atoms with Crippen molar-refractivity contribution in [3.05, 3.63) is 224 Å². The lowest BCUT2D eigenvalue weighted by Gasteiger charge is -2.41. The molecule has 0 unspecified atom stereocenters. The maximum absolute atomic E-state index is 7.12. The van der Waals surface area contributed by atoms with Crippen LogP contribution in [-0.4, -0.2) is 20.1 Å². The largest absolute Gasteiger partial charge is 0.458 e. The number of hydrogen-bond donors (Lipinski definition) is 0. The first-order valence-corrected chi connectivity index (χ1v) is 25.8. The van der Waals surface area contributed by atoms with Crippen LogP contribution in [0.4, 0.5) is 34.1 Å². The van der Waals surface area contributed by atoms with Gasteiger partial charge in [-0.15, -0.1) is 0 Å². The van der Waals surface area contributed by atoms with Gasteiger partial charge < -0.3 is 28.7 Å². The van der Waals surface area contributed by atoms with Crippen LogP contribution in [0.2, 0.25) is 0 Å². The molecular formula is C66H37B3N2O4. The van der Waals surface area contributed by atoms with Crippen molar-refractivity contribution in [2.45, 2.75) is 0 Å². The number of para-hydroxylation sites is 5. The van der Waals surface area contributed by atoms with Gasteiger partial charge in [0.05, 0.1) is 0 Å². The van der Waals surface area contributed by atoms with Crippen LogP contribution in [-0.2, 0) is 0 Å². The Labute approximate surface area is 432 Å². The van der Waals surface area contributed by atoms with E-state index >= 15 is 0 Å². The third kappa shape index (κ3) is 5.31. The van der Waals surface area contributed by atoms with Gasteiger partial charge in [-0.25, -0.2) is 0 Å². The van der Waals surface area contributed by atoms with Gasteiger partial charge in [0.2, 0.25) is 0 Å². The molecule has 6 aliphatic rings. The predicted molar refractivity (Wildman–Crippen MR) is 308 cm³/mol. The molecule has 6 nitrogen and oxygen atoms in total. The van der Waals surface area contributed by atoms with Crippen molar-refractivity contribution in [3.8, 4) is 46.0 Å². The predicted octanol–water partition coefficient (Wildman–Crippen LogP) is 10.7. The number of nitrogens with zero attached hydrogens (tertiary/aromatic N) is 2. The molecule has 0 spiro atoms. The lowest BCUT2D eigenvalue weighted by molar-refractivity contribution is 0.465. The van der Waals surface area contributed by atoms with E-state index in [1.807, 2.05) is 6.07 Å². The van der Waals surface area contributed by atoms with E-state index < -0.39 is 0 Å². The van der Waals surface area contributed by atoms with Gasteiger partial charge in [-0.2, -0.15) is 0 Å². The molecule has 9 heteroatoms. The number of hydrogen-bond acceptors (Lipinski definition) is 6. The van der Waals surface area contributed by atoms with E-state index in [-0.39, 0.29) is 20.1 Å². The van der Waals surface area contributed by atoms with Gasteiger partial charge in [-0.3, -0.25) is 0 Å². The summed E-state index contributed by atoms with van der Waals surface area (Å²) >= 11 is 0. The van der Waals surface area contributed by atoms with E-state index in [0.717, 1.165) is 124 Å². The lowest BCUT2D eigenvalue weighted by Crippen LogP contribution is -2.59. The fraction of sp³-hybridized carbons (Fsp3) is 0. The molecular weight excluding hydrogens is 917 g/mol. The minimum absolute atomic E-state index is 0.0828. The normalized spacial score (nSPS) is 14.2. The van der Waals surface area contributed by atoms with Crippen molar-refractivity contribution < 1.29 is 18.9 Å². The third-order valence-electron chi connectivity index (χ3n) is 16.8. The molecule has 0 aliphatic carbocycles. The molecule has 12 aromatic carbocycles. The van der Waals surface area contributed by atoms with Crippen molar-refractivity contribution in [3.63, 3.8) is 0 Å². The van der Waals surface area contributed by atoms with Gasteiger partial charge >= 0.3 is 0 Å². The summed E-state index contributed by atoms with van der Waals surface area (Å²) in [5.41, 5.74) is 17.1. The average molecular weight is 954 g/mol. The maximum atomic E-state index is 7.12. The van der Waals surface area contributed by atoms with Crippen LogP contribution in [0, 0.1) is 0 Å². The van der Waals surface area contributed by atoms with Crippen molar-refractivity contribution in [1.29, 1.82) is 0 Å². The molecule has 344 valence electrons. The monoisotopic (exact) mass is 954 g/mol. The van der Waals surface area contributed by atoms with E-state index in [4.69, 9.17) is 18.9 Å². The van der Waals surface area contributed by atoms with Crippen molar-refractivity contribution in [1.82, 2.24) is 0 Å². The summed E-state index contributed by atoms with van der Waals surface area (Å²) in [6.07, 6.45) is 0. The van der Waals surface area contributed by atoms with Gasteiger partial charge in [0.15, 0.2) is 0 Å². The molecule has 0 saturated carbocycles. The Bertz CT molecular complexity index is 4550. The van der Waals surface area contributed by atoms with Gasteiger partial charge in [0, 0.05) is 39.6 Å². The molecule has 0 radical (unpaired) electrons. The van der Waals surface area contributed by atoms with Crippen LogP contribution in [0.1, 0.15) is 0 Å². The van der Waals surface area contributed by atoms with Gasteiger partial charge in [-0.1, -0.05) is 127 Å². The Balaban J connectivity index is 1.01. The summed E-state index contributed by atoms with van der Waals surface area (Å²) < 4.78 is 27.4. The Kier molecular flexibility index (Phi) is 7.75. The lowest BCUT2D eigenvalue weighted by atomic mass is 9.34. The molecule has 0 saturated heterocycles. The molecule has 0 amide bonds. The number of rotatable bonds is 2. The van der Waals surface area contributed by atoms with Gasteiger partial charge in [0.1, 0.15) is 46.0 Å².